The van der Waals surface area contributed by atoms with Crippen molar-refractivity contribution in [3.63, 3.8) is 0 Å². The molecule has 5 rings (SSSR count). The summed E-state index contributed by atoms with van der Waals surface area (Å²) in [5.41, 5.74) is 5.25. The fourth-order valence-corrected chi connectivity index (χ4v) is 5.91. The summed E-state index contributed by atoms with van der Waals surface area (Å²) < 4.78 is 39.6. The molecular weight excluding hydrogens is 522 g/mol. The summed E-state index contributed by atoms with van der Waals surface area (Å²) in [6, 6.07) is 16.7. The first-order chi connectivity index (χ1) is 18.2. The molecule has 1 aromatic carbocycles. The second kappa shape index (κ2) is 10.1. The number of rotatable bonds is 8. The maximum atomic E-state index is 11.9. The number of thiocarbonyl (C=S) groups is 1. The standard InChI is InChI=1S/C27H29N5O4S2/c1-17-14-21(18(2)31(17)16-20-8-7-13-36-20)26-25(23-9-5-6-12-28-23)29-27(37)32(26)19-10-11-22(24(15-19)35-3)30-38(4,33)34/h5-15,25-26,30H,16H2,1-4H3,(H,29,37). The van der Waals surface area contributed by atoms with Crippen LogP contribution in [-0.2, 0) is 16.6 Å². The number of hydrogen-bond donors (Lipinski definition) is 2. The second-order valence-corrected chi connectivity index (χ2v) is 11.4. The van der Waals surface area contributed by atoms with E-state index in [4.69, 9.17) is 21.4 Å². The Morgan fingerprint density at radius 2 is 1.97 bits per heavy atom. The maximum absolute atomic E-state index is 11.9. The van der Waals surface area contributed by atoms with Gasteiger partial charge in [0.1, 0.15) is 11.5 Å². The number of hydrogen-bond acceptors (Lipinski definition) is 6. The monoisotopic (exact) mass is 551 g/mol. The van der Waals surface area contributed by atoms with E-state index in [0.717, 1.165) is 40.3 Å². The van der Waals surface area contributed by atoms with Crippen LogP contribution in [0.3, 0.4) is 0 Å². The third kappa shape index (κ3) is 4.99. The Hall–Kier alpha value is -3.83. The Morgan fingerprint density at radius 3 is 2.63 bits per heavy atom. The van der Waals surface area contributed by atoms with E-state index in [-0.39, 0.29) is 12.1 Å². The molecule has 4 heterocycles. The van der Waals surface area contributed by atoms with Gasteiger partial charge in [-0.25, -0.2) is 8.42 Å². The van der Waals surface area contributed by atoms with Crippen LogP contribution in [0.4, 0.5) is 11.4 Å². The summed E-state index contributed by atoms with van der Waals surface area (Å²) in [4.78, 5) is 6.68. The number of aryl methyl sites for hydroxylation is 1. The number of benzene rings is 1. The van der Waals surface area contributed by atoms with Crippen LogP contribution in [0.25, 0.3) is 0 Å². The molecule has 9 nitrogen and oxygen atoms in total. The van der Waals surface area contributed by atoms with E-state index in [1.165, 1.54) is 7.11 Å². The average molecular weight is 552 g/mol. The zero-order chi connectivity index (χ0) is 27.0. The van der Waals surface area contributed by atoms with Crippen molar-refractivity contribution in [3.05, 3.63) is 95.5 Å². The highest BCUT2D eigenvalue weighted by molar-refractivity contribution is 7.92. The van der Waals surface area contributed by atoms with E-state index >= 15 is 0 Å². The van der Waals surface area contributed by atoms with Crippen LogP contribution in [0.15, 0.2) is 71.5 Å². The van der Waals surface area contributed by atoms with Crippen molar-refractivity contribution in [1.29, 1.82) is 0 Å². The van der Waals surface area contributed by atoms with E-state index in [9.17, 15) is 8.42 Å². The summed E-state index contributed by atoms with van der Waals surface area (Å²) in [6.07, 6.45) is 4.55. The van der Waals surface area contributed by atoms with Gasteiger partial charge in [-0.1, -0.05) is 6.07 Å². The van der Waals surface area contributed by atoms with Gasteiger partial charge in [-0.3, -0.25) is 9.71 Å². The van der Waals surface area contributed by atoms with Crippen molar-refractivity contribution in [2.45, 2.75) is 32.5 Å². The topological polar surface area (TPSA) is 102 Å². The Labute approximate surface area is 227 Å². The molecule has 2 N–H and O–H groups in total. The van der Waals surface area contributed by atoms with Crippen molar-refractivity contribution in [2.24, 2.45) is 0 Å². The number of methoxy groups -OCH3 is 1. The smallest absolute Gasteiger partial charge is 0.229 e. The largest absolute Gasteiger partial charge is 0.494 e. The summed E-state index contributed by atoms with van der Waals surface area (Å²) in [5, 5.41) is 4.01. The molecule has 198 valence electrons. The zero-order valence-corrected chi connectivity index (χ0v) is 23.1. The summed E-state index contributed by atoms with van der Waals surface area (Å²) in [5.74, 6) is 1.26. The molecule has 0 bridgehead atoms. The van der Waals surface area contributed by atoms with Gasteiger partial charge in [0.15, 0.2) is 5.11 Å². The molecule has 0 saturated carbocycles. The van der Waals surface area contributed by atoms with Gasteiger partial charge >= 0.3 is 0 Å². The normalized spacial score (nSPS) is 17.5. The number of furan rings is 1. The van der Waals surface area contributed by atoms with Crippen molar-refractivity contribution in [1.82, 2.24) is 14.9 Å². The van der Waals surface area contributed by atoms with E-state index in [1.807, 2.05) is 41.3 Å². The molecule has 1 saturated heterocycles. The fourth-order valence-electron chi connectivity index (χ4n) is 4.99. The first-order valence-corrected chi connectivity index (χ1v) is 14.3. The first kappa shape index (κ1) is 25.8. The molecule has 0 spiro atoms. The summed E-state index contributed by atoms with van der Waals surface area (Å²) >= 11 is 5.87. The van der Waals surface area contributed by atoms with Gasteiger partial charge in [-0.15, -0.1) is 0 Å². The molecule has 0 radical (unpaired) electrons. The molecule has 38 heavy (non-hydrogen) atoms. The molecule has 1 fully saturated rings. The highest BCUT2D eigenvalue weighted by atomic mass is 32.2. The fraction of sp³-hybridized carbons (Fsp3) is 0.259. The minimum atomic E-state index is -3.48. The number of nitrogens with zero attached hydrogens (tertiary/aromatic N) is 3. The van der Waals surface area contributed by atoms with Crippen molar-refractivity contribution in [3.8, 4) is 5.75 Å². The number of sulfonamides is 1. The number of nitrogens with one attached hydrogen (secondary N) is 2. The van der Waals surface area contributed by atoms with Gasteiger partial charge in [0, 0.05) is 29.3 Å². The predicted molar refractivity (Wildman–Crippen MR) is 151 cm³/mol. The highest BCUT2D eigenvalue weighted by Crippen LogP contribution is 2.44. The molecule has 4 aromatic rings. The SMILES string of the molecule is COc1cc(N2C(=S)NC(c3ccccn3)C2c2cc(C)n(Cc3ccco3)c2C)ccc1NS(C)(=O)=O. The van der Waals surface area contributed by atoms with Crippen molar-refractivity contribution < 1.29 is 17.6 Å². The van der Waals surface area contributed by atoms with Gasteiger partial charge in [0.2, 0.25) is 10.0 Å². The van der Waals surface area contributed by atoms with Crippen molar-refractivity contribution in [2.75, 3.05) is 23.0 Å². The third-order valence-electron chi connectivity index (χ3n) is 6.68. The van der Waals surface area contributed by atoms with Crippen LogP contribution in [-0.4, -0.2) is 36.4 Å². The molecule has 2 atom stereocenters. The van der Waals surface area contributed by atoms with E-state index in [0.29, 0.717) is 23.1 Å². The highest BCUT2D eigenvalue weighted by Gasteiger charge is 2.42. The Bertz CT molecular complexity index is 1570. The molecule has 2 unspecified atom stereocenters. The Kier molecular flexibility index (Phi) is 6.89. The number of pyridine rings is 1. The minimum Gasteiger partial charge on any atom is -0.494 e. The van der Waals surface area contributed by atoms with E-state index in [2.05, 4.69) is 39.5 Å². The molecule has 0 aliphatic carbocycles. The van der Waals surface area contributed by atoms with Crippen LogP contribution < -0.4 is 19.7 Å². The first-order valence-electron chi connectivity index (χ1n) is 12.0. The van der Waals surface area contributed by atoms with Crippen molar-refractivity contribution >= 4 is 38.7 Å². The molecule has 1 aliphatic heterocycles. The predicted octanol–water partition coefficient (Wildman–Crippen LogP) is 4.70. The van der Waals surface area contributed by atoms with Crippen LogP contribution in [0, 0.1) is 13.8 Å². The van der Waals surface area contributed by atoms with Crippen LogP contribution in [0.5, 0.6) is 5.75 Å². The lowest BCUT2D eigenvalue weighted by Crippen LogP contribution is -2.29. The van der Waals surface area contributed by atoms with Crippen LogP contribution in [0.1, 0.15) is 40.5 Å². The van der Waals surface area contributed by atoms with Gasteiger partial charge in [-0.05, 0) is 74.1 Å². The molecule has 1 aliphatic rings. The molecule has 3 aromatic heterocycles. The van der Waals surface area contributed by atoms with Crippen LogP contribution in [0.2, 0.25) is 0 Å². The molecule has 11 heteroatoms. The Balaban J connectivity index is 1.62. The lowest BCUT2D eigenvalue weighted by molar-refractivity contribution is 0.417. The minimum absolute atomic E-state index is 0.221. The quantitative estimate of drug-likeness (QED) is 0.304. The van der Waals surface area contributed by atoms with Gasteiger partial charge in [0.25, 0.3) is 0 Å². The van der Waals surface area contributed by atoms with E-state index < -0.39 is 10.0 Å². The summed E-state index contributed by atoms with van der Waals surface area (Å²) in [7, 11) is -1.98. The van der Waals surface area contributed by atoms with Crippen LogP contribution >= 0.6 is 12.2 Å². The maximum Gasteiger partial charge on any atom is 0.229 e. The van der Waals surface area contributed by atoms with Gasteiger partial charge in [-0.2, -0.15) is 0 Å². The van der Waals surface area contributed by atoms with E-state index in [1.54, 1.807) is 24.6 Å². The number of anilines is 2. The summed E-state index contributed by atoms with van der Waals surface area (Å²) in [6.45, 7) is 4.79. The molecule has 0 amide bonds. The zero-order valence-electron chi connectivity index (χ0n) is 21.5. The number of aromatic nitrogens is 2. The lowest BCUT2D eigenvalue weighted by Gasteiger charge is -2.29. The number of ether oxygens (including phenoxy) is 1. The average Bonchev–Trinajstić information content (AvgIpc) is 3.59. The third-order valence-corrected chi connectivity index (χ3v) is 7.59. The Morgan fingerprint density at radius 1 is 1.16 bits per heavy atom. The lowest BCUT2D eigenvalue weighted by atomic mass is 9.96. The van der Waals surface area contributed by atoms with Gasteiger partial charge in [0.05, 0.1) is 49.6 Å². The van der Waals surface area contributed by atoms with Gasteiger partial charge < -0.3 is 23.9 Å². The second-order valence-electron chi connectivity index (χ2n) is 9.25. The molecular formula is C27H29N5O4S2.